The van der Waals surface area contributed by atoms with Gasteiger partial charge in [0.2, 0.25) is 0 Å². The molecule has 2 atom stereocenters. The number of nitrogens with zero attached hydrogens (tertiary/aromatic N) is 3. The normalized spacial score (nSPS) is 26.6. The Balaban J connectivity index is 1.54. The average molecular weight is 458 g/mol. The summed E-state index contributed by atoms with van der Waals surface area (Å²) in [6, 6.07) is 2.91. The van der Waals surface area contributed by atoms with Gasteiger partial charge in [-0.2, -0.15) is 5.10 Å². The molecule has 0 radical (unpaired) electrons. The molecule has 2 fully saturated rings. The Morgan fingerprint density at radius 1 is 1.41 bits per heavy atom. The standard InChI is InChI=1S/C18H19BrClFN4O2/c19-12-6-13(20)17(14(21)7-12)25-15(22-23-16(25)9-26)5-11-1-4-24(8-11)18(10-27)2-3-18/h6-7,9-11,16,23H,1-5,8H2/t11-,16?/m0/s1. The second-order valence-electron chi connectivity index (χ2n) is 7.35. The minimum Gasteiger partial charge on any atom is -0.301 e. The van der Waals surface area contributed by atoms with E-state index >= 15 is 0 Å². The van der Waals surface area contributed by atoms with Crippen molar-refractivity contribution in [3.05, 3.63) is 27.4 Å². The summed E-state index contributed by atoms with van der Waals surface area (Å²) >= 11 is 9.49. The molecule has 1 unspecified atom stereocenters. The molecule has 0 aromatic heterocycles. The molecule has 0 spiro atoms. The topological polar surface area (TPSA) is 65.0 Å². The fraction of sp³-hybridized carbons (Fsp3) is 0.500. The van der Waals surface area contributed by atoms with E-state index < -0.39 is 12.0 Å². The lowest BCUT2D eigenvalue weighted by Gasteiger charge is -2.27. The lowest BCUT2D eigenvalue weighted by atomic mass is 10.0. The minimum atomic E-state index is -0.796. The third kappa shape index (κ3) is 3.39. The summed E-state index contributed by atoms with van der Waals surface area (Å²) in [7, 11) is 0. The number of aldehydes is 2. The Morgan fingerprint density at radius 2 is 2.19 bits per heavy atom. The number of hydrogen-bond donors (Lipinski definition) is 1. The number of hydrazone groups is 1. The van der Waals surface area contributed by atoms with Gasteiger partial charge >= 0.3 is 0 Å². The predicted octanol–water partition coefficient (Wildman–Crippen LogP) is 2.93. The maximum absolute atomic E-state index is 14.6. The van der Waals surface area contributed by atoms with Crippen LogP contribution >= 0.6 is 27.5 Å². The monoisotopic (exact) mass is 456 g/mol. The first-order valence-corrected chi connectivity index (χ1v) is 10.1. The highest BCUT2D eigenvalue weighted by atomic mass is 79.9. The van der Waals surface area contributed by atoms with Crippen LogP contribution in [0.1, 0.15) is 25.7 Å². The zero-order valence-electron chi connectivity index (χ0n) is 14.5. The van der Waals surface area contributed by atoms with Crippen molar-refractivity contribution in [3.8, 4) is 0 Å². The van der Waals surface area contributed by atoms with Crippen LogP contribution in [0, 0.1) is 11.7 Å². The summed E-state index contributed by atoms with van der Waals surface area (Å²) < 4.78 is 15.2. The number of likely N-dealkylation sites (tertiary alicyclic amines) is 1. The van der Waals surface area contributed by atoms with E-state index in [2.05, 4.69) is 31.4 Å². The quantitative estimate of drug-likeness (QED) is 0.666. The molecule has 1 aromatic carbocycles. The van der Waals surface area contributed by atoms with Gasteiger partial charge < -0.3 is 4.79 Å². The van der Waals surface area contributed by atoms with Crippen molar-refractivity contribution >= 4 is 51.6 Å². The highest BCUT2D eigenvalue weighted by Gasteiger charge is 2.50. The molecule has 9 heteroatoms. The minimum absolute atomic E-state index is 0.141. The Hall–Kier alpha value is -1.51. The Bertz CT molecular complexity index is 794. The maximum Gasteiger partial charge on any atom is 0.177 e. The van der Waals surface area contributed by atoms with Gasteiger partial charge in [-0.05, 0) is 43.9 Å². The third-order valence-electron chi connectivity index (χ3n) is 5.60. The molecule has 1 aliphatic carbocycles. The van der Waals surface area contributed by atoms with Crippen molar-refractivity contribution < 1.29 is 14.0 Å². The van der Waals surface area contributed by atoms with E-state index in [1.54, 1.807) is 6.07 Å². The van der Waals surface area contributed by atoms with Crippen LogP contribution in [0.5, 0.6) is 0 Å². The molecule has 2 heterocycles. The van der Waals surface area contributed by atoms with Crippen molar-refractivity contribution in [2.24, 2.45) is 11.0 Å². The van der Waals surface area contributed by atoms with Gasteiger partial charge in [-0.15, -0.1) is 0 Å². The Morgan fingerprint density at radius 3 is 2.81 bits per heavy atom. The molecular formula is C18H19BrClFN4O2. The number of anilines is 1. The van der Waals surface area contributed by atoms with Gasteiger partial charge in [0.05, 0.1) is 16.2 Å². The first-order valence-electron chi connectivity index (χ1n) is 8.90. The van der Waals surface area contributed by atoms with E-state index in [4.69, 9.17) is 11.6 Å². The van der Waals surface area contributed by atoms with Crippen LogP contribution in [0.4, 0.5) is 10.1 Å². The van der Waals surface area contributed by atoms with Crippen molar-refractivity contribution in [2.45, 2.75) is 37.4 Å². The average Bonchev–Trinajstić information content (AvgIpc) is 3.12. The number of halogens is 3. The number of nitrogens with one attached hydrogen (secondary N) is 1. The number of amidine groups is 1. The molecular weight excluding hydrogens is 439 g/mol. The smallest absolute Gasteiger partial charge is 0.177 e. The van der Waals surface area contributed by atoms with E-state index in [9.17, 15) is 14.0 Å². The SMILES string of the molecule is O=CC1NN=C(C[C@@H]2CCN(C3(C=O)CC3)C2)N1c1c(F)cc(Br)cc1Cl. The highest BCUT2D eigenvalue weighted by Crippen LogP contribution is 2.43. The van der Waals surface area contributed by atoms with Crippen LogP contribution in [0.25, 0.3) is 0 Å². The fourth-order valence-electron chi connectivity index (χ4n) is 3.98. The van der Waals surface area contributed by atoms with Crippen molar-refractivity contribution in [1.82, 2.24) is 10.3 Å². The second-order valence-corrected chi connectivity index (χ2v) is 8.68. The summed E-state index contributed by atoms with van der Waals surface area (Å²) in [5.41, 5.74) is 2.63. The van der Waals surface area contributed by atoms with Crippen LogP contribution < -0.4 is 10.3 Å². The lowest BCUT2D eigenvalue weighted by Crippen LogP contribution is -2.43. The zero-order valence-corrected chi connectivity index (χ0v) is 16.8. The lowest BCUT2D eigenvalue weighted by molar-refractivity contribution is -0.113. The zero-order chi connectivity index (χ0) is 19.2. The third-order valence-corrected chi connectivity index (χ3v) is 6.35. The van der Waals surface area contributed by atoms with Gasteiger partial charge in [0.1, 0.15) is 17.9 Å². The van der Waals surface area contributed by atoms with Crippen LogP contribution in [0.2, 0.25) is 5.02 Å². The number of benzene rings is 1. The van der Waals surface area contributed by atoms with E-state index in [1.807, 2.05) is 0 Å². The molecule has 6 nitrogen and oxygen atoms in total. The van der Waals surface area contributed by atoms with E-state index in [0.29, 0.717) is 23.0 Å². The summed E-state index contributed by atoms with van der Waals surface area (Å²) in [6.45, 7) is 1.67. The first-order chi connectivity index (χ1) is 13.0. The maximum atomic E-state index is 14.6. The molecule has 0 bridgehead atoms. The molecule has 0 amide bonds. The highest BCUT2D eigenvalue weighted by molar-refractivity contribution is 9.10. The number of rotatable bonds is 6. The summed E-state index contributed by atoms with van der Waals surface area (Å²) in [5.74, 6) is 0.342. The van der Waals surface area contributed by atoms with Crippen molar-refractivity contribution in [3.63, 3.8) is 0 Å². The molecule has 1 saturated heterocycles. The van der Waals surface area contributed by atoms with Gasteiger partial charge in [-0.1, -0.05) is 27.5 Å². The van der Waals surface area contributed by atoms with Gasteiger partial charge in [-0.3, -0.25) is 20.0 Å². The molecule has 27 heavy (non-hydrogen) atoms. The van der Waals surface area contributed by atoms with E-state index in [0.717, 1.165) is 38.6 Å². The van der Waals surface area contributed by atoms with Crippen LogP contribution in [0.3, 0.4) is 0 Å². The van der Waals surface area contributed by atoms with E-state index in [-0.39, 0.29) is 22.2 Å². The number of hydrogen-bond acceptors (Lipinski definition) is 6. The van der Waals surface area contributed by atoms with Gasteiger partial charge in [-0.25, -0.2) is 4.39 Å². The molecule has 2 aliphatic heterocycles. The van der Waals surface area contributed by atoms with E-state index in [1.165, 1.54) is 11.0 Å². The van der Waals surface area contributed by atoms with Crippen molar-refractivity contribution in [1.29, 1.82) is 0 Å². The first kappa shape index (κ1) is 18.8. The Kier molecular flexibility index (Phi) is 4.98. The molecule has 1 saturated carbocycles. The van der Waals surface area contributed by atoms with Gasteiger partial charge in [0, 0.05) is 17.4 Å². The largest absolute Gasteiger partial charge is 0.301 e. The fourth-order valence-corrected chi connectivity index (χ4v) is 4.84. The molecule has 1 N–H and O–H groups in total. The number of carbonyl (C=O) groups excluding carboxylic acids is 2. The van der Waals surface area contributed by atoms with Crippen LogP contribution in [-0.2, 0) is 9.59 Å². The summed E-state index contributed by atoms with van der Waals surface area (Å²) in [5, 5.41) is 4.48. The summed E-state index contributed by atoms with van der Waals surface area (Å²) in [4.78, 5) is 26.6. The molecule has 1 aromatic rings. The van der Waals surface area contributed by atoms with Crippen LogP contribution in [-0.4, -0.2) is 48.1 Å². The predicted molar refractivity (Wildman–Crippen MR) is 104 cm³/mol. The second kappa shape index (κ2) is 7.14. The van der Waals surface area contributed by atoms with Crippen LogP contribution in [0.15, 0.2) is 21.7 Å². The molecule has 4 rings (SSSR count). The van der Waals surface area contributed by atoms with Gasteiger partial charge in [0.25, 0.3) is 0 Å². The Labute approximate surface area is 169 Å². The van der Waals surface area contributed by atoms with Crippen molar-refractivity contribution in [2.75, 3.05) is 18.0 Å². The molecule has 3 aliphatic rings. The number of carbonyl (C=O) groups is 2. The summed E-state index contributed by atoms with van der Waals surface area (Å²) in [6.07, 6.45) is 4.31. The van der Waals surface area contributed by atoms with Gasteiger partial charge in [0.15, 0.2) is 12.5 Å². The molecule has 144 valence electrons.